The highest BCUT2D eigenvalue weighted by atomic mass is 16.5. The third-order valence-corrected chi connectivity index (χ3v) is 4.55. The Labute approximate surface area is 164 Å². The Balaban J connectivity index is 1.55. The number of nitrogens with zero attached hydrogens (tertiary/aromatic N) is 4. The van der Waals surface area contributed by atoms with Crippen LogP contribution >= 0.6 is 0 Å². The van der Waals surface area contributed by atoms with Crippen LogP contribution in [0.1, 0.15) is 6.92 Å². The molecule has 4 rings (SSSR count). The summed E-state index contributed by atoms with van der Waals surface area (Å²) in [6.45, 7) is 6.21. The first kappa shape index (κ1) is 18.2. The van der Waals surface area contributed by atoms with E-state index in [4.69, 9.17) is 4.74 Å². The van der Waals surface area contributed by atoms with E-state index in [9.17, 15) is 0 Å². The van der Waals surface area contributed by atoms with E-state index < -0.39 is 0 Å². The first-order valence-corrected chi connectivity index (χ1v) is 9.55. The van der Waals surface area contributed by atoms with Crippen molar-refractivity contribution in [1.82, 2.24) is 15.0 Å². The molecule has 3 aromatic rings. The van der Waals surface area contributed by atoms with Crippen LogP contribution in [0.15, 0.2) is 54.9 Å². The molecule has 2 aromatic heterocycles. The maximum absolute atomic E-state index is 5.42. The van der Waals surface area contributed by atoms with Gasteiger partial charge in [-0.2, -0.15) is 4.98 Å². The van der Waals surface area contributed by atoms with Crippen molar-refractivity contribution in [2.24, 2.45) is 0 Å². The Bertz CT molecular complexity index is 895. The van der Waals surface area contributed by atoms with Gasteiger partial charge in [0.2, 0.25) is 5.95 Å². The summed E-state index contributed by atoms with van der Waals surface area (Å²) in [5.74, 6) is 1.35. The van der Waals surface area contributed by atoms with E-state index in [-0.39, 0.29) is 0 Å². The molecule has 1 fully saturated rings. The maximum Gasteiger partial charge on any atom is 0.225 e. The second-order valence-corrected chi connectivity index (χ2v) is 6.50. The highest BCUT2D eigenvalue weighted by Crippen LogP contribution is 2.25. The van der Waals surface area contributed by atoms with Gasteiger partial charge in [0.25, 0.3) is 0 Å². The van der Waals surface area contributed by atoms with Gasteiger partial charge in [-0.1, -0.05) is 0 Å². The lowest BCUT2D eigenvalue weighted by atomic mass is 10.2. The number of rotatable bonds is 6. The Morgan fingerprint density at radius 3 is 2.46 bits per heavy atom. The summed E-state index contributed by atoms with van der Waals surface area (Å²) in [5.41, 5.74) is 4.05. The van der Waals surface area contributed by atoms with Crippen LogP contribution < -0.4 is 15.5 Å². The zero-order chi connectivity index (χ0) is 19.2. The molecule has 0 amide bonds. The van der Waals surface area contributed by atoms with Gasteiger partial charge in [-0.15, -0.1) is 0 Å². The molecule has 28 heavy (non-hydrogen) atoms. The van der Waals surface area contributed by atoms with Crippen LogP contribution in [-0.2, 0) is 4.74 Å². The molecule has 7 nitrogen and oxygen atoms in total. The highest BCUT2D eigenvalue weighted by Gasteiger charge is 2.11. The second kappa shape index (κ2) is 8.67. The van der Waals surface area contributed by atoms with Gasteiger partial charge in [0.15, 0.2) is 0 Å². The first-order valence-electron chi connectivity index (χ1n) is 9.55. The molecule has 3 heterocycles. The minimum atomic E-state index is 0.601. The first-order chi connectivity index (χ1) is 13.8. The average molecular weight is 376 g/mol. The van der Waals surface area contributed by atoms with Gasteiger partial charge < -0.3 is 20.3 Å². The molecule has 144 valence electrons. The van der Waals surface area contributed by atoms with E-state index in [1.165, 1.54) is 5.69 Å². The average Bonchev–Trinajstić information content (AvgIpc) is 2.76. The quantitative estimate of drug-likeness (QED) is 0.681. The fraction of sp³-hybridized carbons (Fsp3) is 0.286. The third-order valence-electron chi connectivity index (χ3n) is 4.55. The van der Waals surface area contributed by atoms with Gasteiger partial charge in [0.1, 0.15) is 5.82 Å². The Morgan fingerprint density at radius 1 is 1.00 bits per heavy atom. The molecule has 7 heteroatoms. The SMILES string of the molecule is CCNc1nc(Nc2ccc(N3CCOCC3)cc2)cc(-c2ccncc2)n1. The fourth-order valence-electron chi connectivity index (χ4n) is 3.14. The number of anilines is 4. The third kappa shape index (κ3) is 4.37. The van der Waals surface area contributed by atoms with Crippen LogP contribution in [0.4, 0.5) is 23.1 Å². The summed E-state index contributed by atoms with van der Waals surface area (Å²) in [6, 6.07) is 14.2. The zero-order valence-electron chi connectivity index (χ0n) is 15.9. The molecular formula is C21H24N6O. The predicted molar refractivity (Wildman–Crippen MR) is 112 cm³/mol. The lowest BCUT2D eigenvalue weighted by Crippen LogP contribution is -2.36. The van der Waals surface area contributed by atoms with Gasteiger partial charge in [0, 0.05) is 55.0 Å². The minimum Gasteiger partial charge on any atom is -0.378 e. The largest absolute Gasteiger partial charge is 0.378 e. The molecule has 1 aromatic carbocycles. The molecule has 0 bridgehead atoms. The molecule has 0 radical (unpaired) electrons. The molecule has 0 unspecified atom stereocenters. The van der Waals surface area contributed by atoms with Crippen molar-refractivity contribution in [3.05, 3.63) is 54.9 Å². The van der Waals surface area contributed by atoms with E-state index in [0.717, 1.165) is 55.6 Å². The molecule has 0 spiro atoms. The molecule has 2 N–H and O–H groups in total. The molecule has 1 aliphatic rings. The molecule has 1 aliphatic heterocycles. The molecule has 1 saturated heterocycles. The molecular weight excluding hydrogens is 352 g/mol. The summed E-state index contributed by atoms with van der Waals surface area (Å²) in [5, 5.41) is 6.59. The molecule has 0 aliphatic carbocycles. The lowest BCUT2D eigenvalue weighted by Gasteiger charge is -2.28. The van der Waals surface area contributed by atoms with Gasteiger partial charge in [-0.3, -0.25) is 4.98 Å². The predicted octanol–water partition coefficient (Wildman–Crippen LogP) is 3.55. The number of nitrogens with one attached hydrogen (secondary N) is 2. The van der Waals surface area contributed by atoms with E-state index in [1.54, 1.807) is 12.4 Å². The Morgan fingerprint density at radius 2 is 1.75 bits per heavy atom. The monoisotopic (exact) mass is 376 g/mol. The normalized spacial score (nSPS) is 14.0. The number of aromatic nitrogens is 3. The van der Waals surface area contributed by atoms with Crippen LogP contribution in [-0.4, -0.2) is 47.8 Å². The van der Waals surface area contributed by atoms with Crippen LogP contribution in [0, 0.1) is 0 Å². The summed E-state index contributed by atoms with van der Waals surface area (Å²) in [4.78, 5) is 15.6. The second-order valence-electron chi connectivity index (χ2n) is 6.50. The zero-order valence-corrected chi connectivity index (χ0v) is 15.9. The number of benzene rings is 1. The van der Waals surface area contributed by atoms with Crippen molar-refractivity contribution < 1.29 is 4.74 Å². The van der Waals surface area contributed by atoms with Gasteiger partial charge in [0.05, 0.1) is 18.9 Å². The number of ether oxygens (including phenoxy) is 1. The highest BCUT2D eigenvalue weighted by molar-refractivity contribution is 5.68. The smallest absolute Gasteiger partial charge is 0.225 e. The lowest BCUT2D eigenvalue weighted by molar-refractivity contribution is 0.122. The number of hydrogen-bond donors (Lipinski definition) is 2. The Hall–Kier alpha value is -3.19. The number of morpholine rings is 1. The van der Waals surface area contributed by atoms with Crippen molar-refractivity contribution in [2.75, 3.05) is 48.4 Å². The maximum atomic E-state index is 5.42. The van der Waals surface area contributed by atoms with Crippen LogP contribution in [0.3, 0.4) is 0 Å². The number of hydrogen-bond acceptors (Lipinski definition) is 7. The fourth-order valence-corrected chi connectivity index (χ4v) is 3.14. The topological polar surface area (TPSA) is 75.2 Å². The van der Waals surface area contributed by atoms with Crippen LogP contribution in [0.5, 0.6) is 0 Å². The van der Waals surface area contributed by atoms with Crippen molar-refractivity contribution >= 4 is 23.1 Å². The molecule has 0 saturated carbocycles. The van der Waals surface area contributed by atoms with Crippen LogP contribution in [0.2, 0.25) is 0 Å². The summed E-state index contributed by atoms with van der Waals surface area (Å²) in [6.07, 6.45) is 3.53. The van der Waals surface area contributed by atoms with E-state index >= 15 is 0 Å². The van der Waals surface area contributed by atoms with Crippen molar-refractivity contribution in [3.63, 3.8) is 0 Å². The standard InChI is InChI=1S/C21H24N6O/c1-2-23-21-25-19(16-7-9-22-10-8-16)15-20(26-21)24-17-3-5-18(6-4-17)27-11-13-28-14-12-27/h3-10,15H,2,11-14H2,1H3,(H2,23,24,25,26). The van der Waals surface area contributed by atoms with Gasteiger partial charge >= 0.3 is 0 Å². The molecule has 0 atom stereocenters. The van der Waals surface area contributed by atoms with Gasteiger partial charge in [-0.05, 0) is 43.3 Å². The Kier molecular flexibility index (Phi) is 5.63. The van der Waals surface area contributed by atoms with E-state index in [1.807, 2.05) is 25.1 Å². The summed E-state index contributed by atoms with van der Waals surface area (Å²) < 4.78 is 5.42. The summed E-state index contributed by atoms with van der Waals surface area (Å²) >= 11 is 0. The minimum absolute atomic E-state index is 0.601. The van der Waals surface area contributed by atoms with Crippen molar-refractivity contribution in [2.45, 2.75) is 6.92 Å². The van der Waals surface area contributed by atoms with E-state index in [2.05, 4.69) is 54.8 Å². The van der Waals surface area contributed by atoms with Crippen molar-refractivity contribution in [3.8, 4) is 11.3 Å². The summed E-state index contributed by atoms with van der Waals surface area (Å²) in [7, 11) is 0. The van der Waals surface area contributed by atoms with Gasteiger partial charge in [-0.25, -0.2) is 4.98 Å². The van der Waals surface area contributed by atoms with Crippen molar-refractivity contribution in [1.29, 1.82) is 0 Å². The van der Waals surface area contributed by atoms with E-state index in [0.29, 0.717) is 5.95 Å². The van der Waals surface area contributed by atoms with Crippen LogP contribution in [0.25, 0.3) is 11.3 Å². The number of pyridine rings is 1.